The largest absolute Gasteiger partial charge is 0.412 e. The number of aromatic amines is 4. The molecule has 0 atom stereocenters. The number of fused-ring (bicyclic) bond motifs is 2. The molecule has 4 aromatic rings. The van der Waals surface area contributed by atoms with Gasteiger partial charge in [-0.25, -0.2) is 9.97 Å². The molecule has 0 saturated carbocycles. The second kappa shape index (κ2) is 6.30. The Kier molecular flexibility index (Phi) is 4.47. The summed E-state index contributed by atoms with van der Waals surface area (Å²) in [5.41, 5.74) is 1.64. The number of rotatable bonds is 0. The Balaban J connectivity index is 0.000000147. The van der Waals surface area contributed by atoms with Crippen LogP contribution >= 0.6 is 24.4 Å². The van der Waals surface area contributed by atoms with Crippen LogP contribution in [0.5, 0.6) is 0 Å². The molecule has 21 heavy (non-hydrogen) atoms. The molecule has 0 fully saturated rings. The van der Waals surface area contributed by atoms with Crippen LogP contribution in [0.1, 0.15) is 0 Å². The van der Waals surface area contributed by atoms with Gasteiger partial charge in [0.15, 0.2) is 0 Å². The first kappa shape index (κ1) is 14.9. The first-order valence-corrected chi connectivity index (χ1v) is 6.31. The highest BCUT2D eigenvalue weighted by molar-refractivity contribution is 7.71. The van der Waals surface area contributed by atoms with Gasteiger partial charge in [-0.2, -0.15) is 10.2 Å². The Morgan fingerprint density at radius 1 is 0.762 bits per heavy atom. The predicted octanol–water partition coefficient (Wildman–Crippen LogP) is 1.21. The number of nitrogens with one attached hydrogen (secondary N) is 4. The lowest BCUT2D eigenvalue weighted by Crippen LogP contribution is -1.79. The third-order valence-electron chi connectivity index (χ3n) is 2.52. The Bertz CT molecular complexity index is 888. The van der Waals surface area contributed by atoms with Crippen molar-refractivity contribution in [1.29, 1.82) is 0 Å². The molecule has 0 aliphatic carbocycles. The summed E-state index contributed by atoms with van der Waals surface area (Å²) in [6.07, 6.45) is 6.40. The van der Waals surface area contributed by atoms with Gasteiger partial charge in [-0.1, -0.05) is 24.4 Å². The zero-order valence-corrected chi connectivity index (χ0v) is 12.0. The number of hydrogen-bond donors (Lipinski definition) is 4. The summed E-state index contributed by atoms with van der Waals surface area (Å²) in [6, 6.07) is 0. The molecule has 0 spiro atoms. The molecule has 4 heterocycles. The van der Waals surface area contributed by atoms with Gasteiger partial charge in [-0.05, 0) is 0 Å². The average Bonchev–Trinajstić information content (AvgIpc) is 3.08. The van der Waals surface area contributed by atoms with Crippen molar-refractivity contribution in [2.75, 3.05) is 0 Å². The highest BCUT2D eigenvalue weighted by Gasteiger charge is 1.95. The molecule has 0 aliphatic heterocycles. The normalized spacial score (nSPS) is 9.90. The molecule has 0 amide bonds. The molecule has 0 radical (unpaired) electrons. The highest BCUT2D eigenvalue weighted by Crippen LogP contribution is 2.05. The van der Waals surface area contributed by atoms with Gasteiger partial charge in [0.2, 0.25) is 0 Å². The Morgan fingerprint density at radius 2 is 1.19 bits per heavy atom. The van der Waals surface area contributed by atoms with E-state index in [1.165, 1.54) is 0 Å². The van der Waals surface area contributed by atoms with Crippen LogP contribution in [-0.4, -0.2) is 45.8 Å². The molecule has 9 nitrogen and oxygen atoms in total. The van der Waals surface area contributed by atoms with E-state index >= 15 is 0 Å². The van der Waals surface area contributed by atoms with Gasteiger partial charge in [0.25, 0.3) is 0 Å². The smallest absolute Gasteiger partial charge is 0.140 e. The second-order valence-electron chi connectivity index (χ2n) is 3.73. The number of H-pyrrole nitrogens is 4. The van der Waals surface area contributed by atoms with Crippen LogP contribution in [-0.2, 0) is 0 Å². The van der Waals surface area contributed by atoms with Crippen molar-refractivity contribution >= 4 is 46.5 Å². The van der Waals surface area contributed by atoms with Gasteiger partial charge in [-0.3, -0.25) is 10.2 Å². The molecular weight excluding hydrogens is 312 g/mol. The van der Waals surface area contributed by atoms with E-state index < -0.39 is 0 Å². The van der Waals surface area contributed by atoms with Crippen LogP contribution in [0.25, 0.3) is 22.1 Å². The summed E-state index contributed by atoms with van der Waals surface area (Å²) in [5.74, 6) is 0. The van der Waals surface area contributed by atoms with E-state index in [9.17, 15) is 0 Å². The van der Waals surface area contributed by atoms with Crippen LogP contribution in [0.15, 0.2) is 25.0 Å². The fourth-order valence-corrected chi connectivity index (χ4v) is 1.98. The molecule has 4 aromatic heterocycles. The molecule has 4 rings (SSSR count). The van der Waals surface area contributed by atoms with E-state index in [2.05, 4.69) is 40.3 Å². The fourth-order valence-electron chi connectivity index (χ4n) is 1.57. The number of aromatic nitrogens is 8. The molecule has 0 unspecified atom stereocenters. The number of nitrogens with zero attached hydrogens (tertiary/aromatic N) is 4. The minimum absolute atomic E-state index is 0. The first-order valence-electron chi connectivity index (χ1n) is 5.49. The fraction of sp³-hybridized carbons (Fsp3) is 0. The lowest BCUT2D eigenvalue weighted by molar-refractivity contribution is 0.824. The van der Waals surface area contributed by atoms with Crippen molar-refractivity contribution in [3.8, 4) is 0 Å². The Labute approximate surface area is 127 Å². The lowest BCUT2D eigenvalue weighted by atomic mass is 10.4. The van der Waals surface area contributed by atoms with Gasteiger partial charge < -0.3 is 15.4 Å². The minimum atomic E-state index is 0. The van der Waals surface area contributed by atoms with Gasteiger partial charge in [0.05, 0.1) is 35.8 Å². The molecular formula is C10H10N8OS2. The van der Waals surface area contributed by atoms with Crippen molar-refractivity contribution in [2.24, 2.45) is 0 Å². The molecule has 0 aliphatic rings. The molecule has 108 valence electrons. The van der Waals surface area contributed by atoms with Crippen LogP contribution in [0.3, 0.4) is 0 Å². The summed E-state index contributed by atoms with van der Waals surface area (Å²) in [7, 11) is 0. The van der Waals surface area contributed by atoms with Crippen LogP contribution in [0, 0.1) is 9.28 Å². The molecule has 0 bridgehead atoms. The molecule has 0 aromatic carbocycles. The first-order chi connectivity index (χ1) is 9.75. The summed E-state index contributed by atoms with van der Waals surface area (Å²) >= 11 is 9.83. The average molecular weight is 322 g/mol. The summed E-state index contributed by atoms with van der Waals surface area (Å²) in [4.78, 5) is 13.5. The standard InChI is InChI=1S/2C5H4N4S.H2O/c2*10-5-3-1-8-9-4(3)6-2-7-5;/h2*1-2H,(H2,6,7,8,9,10);1H2. The topological polar surface area (TPSA) is 146 Å². The van der Waals surface area contributed by atoms with Crippen LogP contribution in [0.2, 0.25) is 0 Å². The maximum Gasteiger partial charge on any atom is 0.140 e. The van der Waals surface area contributed by atoms with Crippen LogP contribution in [0.4, 0.5) is 0 Å². The SMILES string of the molecule is O.S=c1nc[nH]c2[nH]ncc12.S=c1nc[nH]c2[nH]ncc12. The number of hydrogen-bond acceptors (Lipinski definition) is 6. The van der Waals surface area contributed by atoms with E-state index in [4.69, 9.17) is 24.4 Å². The predicted molar refractivity (Wildman–Crippen MR) is 81.8 cm³/mol. The van der Waals surface area contributed by atoms with Crippen molar-refractivity contribution in [2.45, 2.75) is 0 Å². The van der Waals surface area contributed by atoms with Crippen molar-refractivity contribution in [1.82, 2.24) is 40.3 Å². The Hall–Kier alpha value is -2.50. The maximum absolute atomic E-state index is 4.92. The van der Waals surface area contributed by atoms with Gasteiger partial charge in [0.1, 0.15) is 20.6 Å². The van der Waals surface area contributed by atoms with E-state index in [1.54, 1.807) is 25.0 Å². The molecule has 6 N–H and O–H groups in total. The van der Waals surface area contributed by atoms with E-state index in [-0.39, 0.29) is 5.48 Å². The summed E-state index contributed by atoms with van der Waals surface area (Å²) < 4.78 is 1.14. The monoisotopic (exact) mass is 322 g/mol. The second-order valence-corrected chi connectivity index (χ2v) is 4.51. The third-order valence-corrected chi connectivity index (χ3v) is 3.17. The third kappa shape index (κ3) is 2.99. The van der Waals surface area contributed by atoms with Gasteiger partial charge >= 0.3 is 0 Å². The molecule has 0 saturated heterocycles. The maximum atomic E-state index is 4.92. The summed E-state index contributed by atoms with van der Waals surface area (Å²) in [5, 5.41) is 14.8. The quantitative estimate of drug-likeness (QED) is 0.358. The zero-order chi connectivity index (χ0) is 13.9. The van der Waals surface area contributed by atoms with Crippen molar-refractivity contribution in [3.63, 3.8) is 0 Å². The molecule has 11 heteroatoms. The van der Waals surface area contributed by atoms with Crippen LogP contribution < -0.4 is 0 Å². The Morgan fingerprint density at radius 3 is 1.57 bits per heavy atom. The van der Waals surface area contributed by atoms with Crippen molar-refractivity contribution in [3.05, 3.63) is 34.3 Å². The minimum Gasteiger partial charge on any atom is -0.412 e. The summed E-state index contributed by atoms with van der Waals surface area (Å²) in [6.45, 7) is 0. The van der Waals surface area contributed by atoms with Gasteiger partial charge in [-0.15, -0.1) is 0 Å². The zero-order valence-electron chi connectivity index (χ0n) is 10.4. The highest BCUT2D eigenvalue weighted by atomic mass is 32.1. The lowest BCUT2D eigenvalue weighted by Gasteiger charge is -1.84. The van der Waals surface area contributed by atoms with Crippen molar-refractivity contribution < 1.29 is 5.48 Å². The van der Waals surface area contributed by atoms with E-state index in [0.717, 1.165) is 22.1 Å². The van der Waals surface area contributed by atoms with Gasteiger partial charge in [0, 0.05) is 0 Å². The van der Waals surface area contributed by atoms with E-state index in [0.29, 0.717) is 9.28 Å². The van der Waals surface area contributed by atoms with E-state index in [1.807, 2.05) is 0 Å².